The minimum Gasteiger partial charge on any atom is -0.376 e. The van der Waals surface area contributed by atoms with Crippen LogP contribution in [0.2, 0.25) is 0 Å². The number of carbonyl (C=O) groups is 1. The monoisotopic (exact) mass is 359 g/mol. The molecule has 1 aromatic rings. The molecule has 2 aliphatic rings. The Bertz CT molecular complexity index is 558. The number of amides is 2. The van der Waals surface area contributed by atoms with E-state index in [1.165, 1.54) is 18.4 Å². The fourth-order valence-electron chi connectivity index (χ4n) is 4.33. The van der Waals surface area contributed by atoms with Crippen LogP contribution < -0.4 is 11.1 Å². The first kappa shape index (κ1) is 19.2. The van der Waals surface area contributed by atoms with Crippen LogP contribution in [-0.4, -0.2) is 48.8 Å². The molecule has 2 atom stereocenters. The molecule has 1 aliphatic heterocycles. The molecule has 144 valence electrons. The number of benzene rings is 1. The molecule has 0 radical (unpaired) electrons. The molecule has 5 nitrogen and oxygen atoms in total. The Labute approximate surface area is 157 Å². The summed E-state index contributed by atoms with van der Waals surface area (Å²) in [4.78, 5) is 14.2. The lowest BCUT2D eigenvalue weighted by Crippen LogP contribution is -2.58. The molecule has 2 amide bonds. The molecule has 1 saturated heterocycles. The van der Waals surface area contributed by atoms with E-state index >= 15 is 0 Å². The number of nitrogens with one attached hydrogen (secondary N) is 1. The van der Waals surface area contributed by atoms with Gasteiger partial charge in [-0.1, -0.05) is 30.3 Å². The molecule has 0 unspecified atom stereocenters. The van der Waals surface area contributed by atoms with Gasteiger partial charge in [0.05, 0.1) is 18.8 Å². The van der Waals surface area contributed by atoms with Crippen LogP contribution in [-0.2, 0) is 4.74 Å². The summed E-state index contributed by atoms with van der Waals surface area (Å²) in [6.45, 7) is 3.91. The first-order valence-electron chi connectivity index (χ1n) is 10.2. The molecular formula is C21H33N3O2. The molecule has 2 fully saturated rings. The quantitative estimate of drug-likeness (QED) is 0.848. The number of carbonyl (C=O) groups excluding carboxylic acids is 1. The summed E-state index contributed by atoms with van der Waals surface area (Å²) < 4.78 is 6.23. The van der Waals surface area contributed by atoms with Gasteiger partial charge >= 0.3 is 6.03 Å². The standard InChI is InChI=1S/C21H33N3O2/c1-2-23-21(25)24-14-6-9-19(22)20(24)15-26-18-12-10-17(11-13-18)16-7-4-3-5-8-16/h3-5,7-8,17-20H,2,6,9-15,22H2,1H3,(H,23,25)/t17?,18?,19-,20-/m0/s1. The SMILES string of the molecule is CCNC(=O)N1CCC[C@H](N)[C@@H]1COC1CCC(c2ccccc2)CC1. The summed E-state index contributed by atoms with van der Waals surface area (Å²) in [6, 6.07) is 10.8. The number of piperidine rings is 1. The van der Waals surface area contributed by atoms with E-state index in [-0.39, 0.29) is 18.1 Å². The smallest absolute Gasteiger partial charge is 0.317 e. The third kappa shape index (κ3) is 4.77. The molecule has 1 saturated carbocycles. The van der Waals surface area contributed by atoms with Gasteiger partial charge in [-0.3, -0.25) is 0 Å². The highest BCUT2D eigenvalue weighted by atomic mass is 16.5. The third-order valence-electron chi connectivity index (χ3n) is 5.87. The van der Waals surface area contributed by atoms with E-state index in [4.69, 9.17) is 10.5 Å². The van der Waals surface area contributed by atoms with Gasteiger partial charge in [0.1, 0.15) is 0 Å². The van der Waals surface area contributed by atoms with Gasteiger partial charge in [-0.2, -0.15) is 0 Å². The Morgan fingerprint density at radius 3 is 2.62 bits per heavy atom. The molecule has 3 N–H and O–H groups in total. The Kier molecular flexibility index (Phi) is 6.92. The van der Waals surface area contributed by atoms with Crippen molar-refractivity contribution in [2.24, 2.45) is 5.73 Å². The van der Waals surface area contributed by atoms with Crippen LogP contribution in [0.1, 0.15) is 56.9 Å². The van der Waals surface area contributed by atoms with E-state index in [1.807, 2.05) is 11.8 Å². The number of likely N-dealkylation sites (tertiary alicyclic amines) is 1. The largest absolute Gasteiger partial charge is 0.376 e. The summed E-state index contributed by atoms with van der Waals surface area (Å²) in [5.41, 5.74) is 7.76. The highest BCUT2D eigenvalue weighted by molar-refractivity contribution is 5.74. The number of urea groups is 1. The molecular weight excluding hydrogens is 326 g/mol. The lowest BCUT2D eigenvalue weighted by Gasteiger charge is -2.40. The zero-order chi connectivity index (χ0) is 18.4. The van der Waals surface area contributed by atoms with Crippen molar-refractivity contribution in [2.45, 2.75) is 69.6 Å². The second-order valence-electron chi connectivity index (χ2n) is 7.62. The number of rotatable bonds is 5. The van der Waals surface area contributed by atoms with Crippen molar-refractivity contribution in [1.29, 1.82) is 0 Å². The van der Waals surface area contributed by atoms with Gasteiger partial charge in [0, 0.05) is 19.1 Å². The molecule has 5 heteroatoms. The predicted molar refractivity (Wildman–Crippen MR) is 104 cm³/mol. The van der Waals surface area contributed by atoms with Crippen molar-refractivity contribution >= 4 is 6.03 Å². The zero-order valence-electron chi connectivity index (χ0n) is 15.9. The maximum absolute atomic E-state index is 12.3. The summed E-state index contributed by atoms with van der Waals surface area (Å²) in [5, 5.41) is 2.90. The van der Waals surface area contributed by atoms with Gasteiger partial charge in [0.25, 0.3) is 0 Å². The Balaban J connectivity index is 1.49. The van der Waals surface area contributed by atoms with Crippen molar-refractivity contribution in [3.05, 3.63) is 35.9 Å². The first-order valence-corrected chi connectivity index (χ1v) is 10.2. The second kappa shape index (κ2) is 9.38. The lowest BCUT2D eigenvalue weighted by molar-refractivity contribution is -0.0158. The van der Waals surface area contributed by atoms with Gasteiger partial charge in [0.15, 0.2) is 0 Å². The van der Waals surface area contributed by atoms with Crippen LogP contribution in [0.5, 0.6) is 0 Å². The average Bonchev–Trinajstić information content (AvgIpc) is 2.68. The van der Waals surface area contributed by atoms with Gasteiger partial charge in [-0.15, -0.1) is 0 Å². The molecule has 1 aliphatic carbocycles. The summed E-state index contributed by atoms with van der Waals surface area (Å²) >= 11 is 0. The van der Waals surface area contributed by atoms with Gasteiger partial charge in [-0.05, 0) is 56.9 Å². The van der Waals surface area contributed by atoms with Crippen LogP contribution in [0.4, 0.5) is 4.79 Å². The average molecular weight is 360 g/mol. The zero-order valence-corrected chi connectivity index (χ0v) is 15.9. The van der Waals surface area contributed by atoms with E-state index in [1.54, 1.807) is 0 Å². The highest BCUT2D eigenvalue weighted by Gasteiger charge is 2.33. The Hall–Kier alpha value is -1.59. The van der Waals surface area contributed by atoms with Crippen LogP contribution >= 0.6 is 0 Å². The van der Waals surface area contributed by atoms with Crippen LogP contribution in [0, 0.1) is 0 Å². The molecule has 26 heavy (non-hydrogen) atoms. The summed E-state index contributed by atoms with van der Waals surface area (Å²) in [6.07, 6.45) is 6.74. The number of hydrogen-bond donors (Lipinski definition) is 2. The topological polar surface area (TPSA) is 67.6 Å². The third-order valence-corrected chi connectivity index (χ3v) is 5.87. The second-order valence-corrected chi connectivity index (χ2v) is 7.62. The van der Waals surface area contributed by atoms with Crippen molar-refractivity contribution in [2.75, 3.05) is 19.7 Å². The fourth-order valence-corrected chi connectivity index (χ4v) is 4.33. The maximum atomic E-state index is 12.3. The highest BCUT2D eigenvalue weighted by Crippen LogP contribution is 2.34. The van der Waals surface area contributed by atoms with Crippen molar-refractivity contribution in [3.63, 3.8) is 0 Å². The number of ether oxygens (including phenoxy) is 1. The van der Waals surface area contributed by atoms with E-state index in [9.17, 15) is 4.79 Å². The predicted octanol–water partition coefficient (Wildman–Crippen LogP) is 3.25. The Morgan fingerprint density at radius 1 is 1.19 bits per heavy atom. The molecule has 3 rings (SSSR count). The maximum Gasteiger partial charge on any atom is 0.317 e. The Morgan fingerprint density at radius 2 is 1.92 bits per heavy atom. The van der Waals surface area contributed by atoms with E-state index in [0.29, 0.717) is 25.2 Å². The summed E-state index contributed by atoms with van der Waals surface area (Å²) in [5.74, 6) is 0.653. The van der Waals surface area contributed by atoms with Gasteiger partial charge in [-0.25, -0.2) is 4.79 Å². The molecule has 0 aromatic heterocycles. The molecule has 0 bridgehead atoms. The van der Waals surface area contributed by atoms with Gasteiger partial charge in [0.2, 0.25) is 0 Å². The molecule has 1 heterocycles. The lowest BCUT2D eigenvalue weighted by atomic mass is 9.83. The number of nitrogens with zero attached hydrogens (tertiary/aromatic N) is 1. The number of hydrogen-bond acceptors (Lipinski definition) is 3. The molecule has 1 aromatic carbocycles. The minimum atomic E-state index is -0.0119. The number of nitrogens with two attached hydrogens (primary N) is 1. The van der Waals surface area contributed by atoms with Crippen LogP contribution in [0.3, 0.4) is 0 Å². The van der Waals surface area contributed by atoms with E-state index in [0.717, 1.165) is 32.2 Å². The normalized spacial score (nSPS) is 29.4. The van der Waals surface area contributed by atoms with Crippen molar-refractivity contribution in [3.8, 4) is 0 Å². The van der Waals surface area contributed by atoms with Gasteiger partial charge < -0.3 is 20.7 Å². The van der Waals surface area contributed by atoms with Crippen LogP contribution in [0.25, 0.3) is 0 Å². The minimum absolute atomic E-state index is 0.00649. The molecule has 0 spiro atoms. The fraction of sp³-hybridized carbons (Fsp3) is 0.667. The summed E-state index contributed by atoms with van der Waals surface area (Å²) in [7, 11) is 0. The van der Waals surface area contributed by atoms with Crippen molar-refractivity contribution in [1.82, 2.24) is 10.2 Å². The van der Waals surface area contributed by atoms with Crippen molar-refractivity contribution < 1.29 is 9.53 Å². The van der Waals surface area contributed by atoms with E-state index < -0.39 is 0 Å². The first-order chi connectivity index (χ1) is 12.7. The van der Waals surface area contributed by atoms with E-state index in [2.05, 4.69) is 35.6 Å². The van der Waals surface area contributed by atoms with Crippen LogP contribution in [0.15, 0.2) is 30.3 Å².